The first-order chi connectivity index (χ1) is 12.9. The molecule has 0 aromatic carbocycles. The molecule has 0 fully saturated rings. The van der Waals surface area contributed by atoms with Crippen molar-refractivity contribution in [3.63, 3.8) is 0 Å². The predicted molar refractivity (Wildman–Crippen MR) is 97.1 cm³/mol. The Balaban J connectivity index is -0.000000328. The predicted octanol–water partition coefficient (Wildman–Crippen LogP) is -6.06. The summed E-state index contributed by atoms with van der Waals surface area (Å²) in [6.45, 7) is 0. The van der Waals surface area contributed by atoms with Gasteiger partial charge in [0.15, 0.2) is 0 Å². The third kappa shape index (κ3) is 39.2. The minimum absolute atomic E-state index is 0.915. The van der Waals surface area contributed by atoms with E-state index in [2.05, 4.69) is 9.97 Å². The van der Waals surface area contributed by atoms with Crippen LogP contribution in [0.3, 0.4) is 0 Å². The van der Waals surface area contributed by atoms with Gasteiger partial charge in [-0.15, -0.1) is 0 Å². The van der Waals surface area contributed by atoms with Gasteiger partial charge in [0.2, 0.25) is 0 Å². The molecule has 0 aliphatic heterocycles. The zero-order valence-electron chi connectivity index (χ0n) is 14.2. The molecule has 0 unspecified atom stereocenters. The van der Waals surface area contributed by atoms with Gasteiger partial charge in [-0.05, 0) is 24.3 Å². The maximum Gasteiger partial charge on any atom is 0.631 e. The average molecular weight is 404 g/mol. The maximum absolute atomic E-state index is 7.17. The molecule has 2 aromatic rings. The summed E-state index contributed by atoms with van der Waals surface area (Å²) in [4.78, 5) is 8.37. The van der Waals surface area contributed by atoms with E-state index < -0.39 is 29.3 Å². The van der Waals surface area contributed by atoms with E-state index >= 15 is 0 Å². The van der Waals surface area contributed by atoms with Crippen molar-refractivity contribution >= 4 is 29.3 Å². The Bertz CT molecular complexity index is 468. The first kappa shape index (κ1) is 30.8. The summed E-state index contributed by atoms with van der Waals surface area (Å²) in [5.41, 5.74) is 1.83. The molecule has 154 valence electrons. The molecule has 0 spiro atoms. The van der Waals surface area contributed by atoms with E-state index in [0.29, 0.717) is 0 Å². The Morgan fingerprint density at radius 1 is 0.429 bits per heavy atom. The van der Waals surface area contributed by atoms with Gasteiger partial charge in [0.25, 0.3) is 0 Å². The van der Waals surface area contributed by atoms with Crippen molar-refractivity contribution in [3.05, 3.63) is 48.8 Å². The largest absolute Gasteiger partial charge is 0.631 e. The summed E-state index contributed by atoms with van der Waals surface area (Å²) < 4.78 is 0. The Morgan fingerprint density at radius 2 is 0.643 bits per heavy atom. The van der Waals surface area contributed by atoms with E-state index in [0.717, 1.165) is 11.4 Å². The van der Waals surface area contributed by atoms with E-state index in [9.17, 15) is 0 Å². The highest BCUT2D eigenvalue weighted by Gasteiger charge is 1.95. The van der Waals surface area contributed by atoms with Crippen LogP contribution in [0.4, 0.5) is 0 Å². The molecule has 2 aromatic heterocycles. The monoisotopic (exact) mass is 404 g/mol. The second-order valence-electron chi connectivity index (χ2n) is 3.82. The summed E-state index contributed by atoms with van der Waals surface area (Å²) in [6, 6.07) is 11.6. The van der Waals surface area contributed by atoms with E-state index in [-0.39, 0.29) is 0 Å². The fraction of sp³-hybridized carbons (Fsp3) is 0. The number of nitrogens with zero attached hydrogens (tertiary/aromatic N) is 2. The van der Waals surface area contributed by atoms with Crippen molar-refractivity contribution in [1.82, 2.24) is 9.97 Å². The van der Waals surface area contributed by atoms with Crippen molar-refractivity contribution in [2.75, 3.05) is 0 Å². The van der Waals surface area contributed by atoms with Gasteiger partial charge in [-0.25, -0.2) is 0 Å². The molecule has 0 atom stereocenters. The molecule has 18 heteroatoms. The zero-order chi connectivity index (χ0) is 22.5. The lowest BCUT2D eigenvalue weighted by molar-refractivity contribution is 0.276. The molecule has 0 saturated carbocycles. The molecule has 0 bridgehead atoms. The average Bonchev–Trinajstić information content (AvgIpc) is 2.54. The van der Waals surface area contributed by atoms with E-state index in [1.165, 1.54) is 0 Å². The van der Waals surface area contributed by atoms with Crippen LogP contribution in [0.2, 0.25) is 0 Å². The van der Waals surface area contributed by atoms with Crippen molar-refractivity contribution < 1.29 is 60.3 Å². The summed E-state index contributed by atoms with van der Waals surface area (Å²) in [7, 11) is -8.67. The van der Waals surface area contributed by atoms with Gasteiger partial charge >= 0.3 is 29.3 Å². The maximum atomic E-state index is 7.17. The standard InChI is InChI=1S/C10H8N2.4BH3O3/c1-3-7-11-9(5-1)10-6-2-4-8-12-10;4*2-1(3)4/h1-8H;4*2-4H. The van der Waals surface area contributed by atoms with Crippen LogP contribution >= 0.6 is 0 Å². The molecule has 0 amide bonds. The van der Waals surface area contributed by atoms with Crippen LogP contribution in [0.5, 0.6) is 0 Å². The normalized spacial score (nSPS) is 8.00. The lowest BCUT2D eigenvalue weighted by Gasteiger charge is -1.96. The quantitative estimate of drug-likeness (QED) is 0.198. The van der Waals surface area contributed by atoms with Crippen LogP contribution in [0.1, 0.15) is 0 Å². The van der Waals surface area contributed by atoms with E-state index in [1.54, 1.807) is 12.4 Å². The zero-order valence-corrected chi connectivity index (χ0v) is 14.2. The van der Waals surface area contributed by atoms with Crippen LogP contribution in [0.15, 0.2) is 48.8 Å². The van der Waals surface area contributed by atoms with Gasteiger partial charge in [0, 0.05) is 12.4 Å². The van der Waals surface area contributed by atoms with Gasteiger partial charge in [-0.2, -0.15) is 0 Å². The molecule has 0 saturated heterocycles. The van der Waals surface area contributed by atoms with Gasteiger partial charge < -0.3 is 60.3 Å². The SMILES string of the molecule is OB(O)O.OB(O)O.OB(O)O.OB(O)O.c1ccc(-c2ccccn2)nc1. The second-order valence-corrected chi connectivity index (χ2v) is 3.82. The Morgan fingerprint density at radius 3 is 0.786 bits per heavy atom. The lowest BCUT2D eigenvalue weighted by atomic mass is 10.2. The molecule has 2 heterocycles. The molecule has 0 aliphatic carbocycles. The van der Waals surface area contributed by atoms with E-state index in [4.69, 9.17) is 60.3 Å². The minimum Gasteiger partial charge on any atom is -0.402 e. The van der Waals surface area contributed by atoms with Crippen LogP contribution in [0.25, 0.3) is 11.4 Å². The highest BCUT2D eigenvalue weighted by atomic mass is 16.5. The molecule has 14 nitrogen and oxygen atoms in total. The highest BCUT2D eigenvalue weighted by Crippen LogP contribution is 2.10. The molecule has 12 N–H and O–H groups in total. The molecule has 0 aliphatic rings. The minimum atomic E-state index is -2.17. The third-order valence-corrected chi connectivity index (χ3v) is 1.59. The second kappa shape index (κ2) is 21.4. The van der Waals surface area contributed by atoms with Gasteiger partial charge in [-0.3, -0.25) is 9.97 Å². The molecular formula is C10H20B4N2O12. The summed E-state index contributed by atoms with van der Waals surface area (Å²) in [5.74, 6) is 0. The Kier molecular flexibility index (Phi) is 23.5. The molecule has 28 heavy (non-hydrogen) atoms. The number of pyridine rings is 2. The van der Waals surface area contributed by atoms with Crippen LogP contribution in [-0.2, 0) is 0 Å². The van der Waals surface area contributed by atoms with Crippen molar-refractivity contribution in [2.45, 2.75) is 0 Å². The lowest BCUT2D eigenvalue weighted by Crippen LogP contribution is -2.07. The topological polar surface area (TPSA) is 269 Å². The van der Waals surface area contributed by atoms with Crippen molar-refractivity contribution in [3.8, 4) is 11.4 Å². The fourth-order valence-electron chi connectivity index (χ4n) is 1.03. The van der Waals surface area contributed by atoms with E-state index in [1.807, 2.05) is 36.4 Å². The first-order valence-corrected chi connectivity index (χ1v) is 6.89. The van der Waals surface area contributed by atoms with Crippen molar-refractivity contribution in [2.24, 2.45) is 0 Å². The van der Waals surface area contributed by atoms with Gasteiger partial charge in [0.1, 0.15) is 0 Å². The van der Waals surface area contributed by atoms with Gasteiger partial charge in [-0.1, -0.05) is 12.1 Å². The van der Waals surface area contributed by atoms with Crippen molar-refractivity contribution in [1.29, 1.82) is 0 Å². The summed E-state index contributed by atoms with van der Waals surface area (Å²) in [5, 5.41) is 86.0. The molecular weight excluding hydrogens is 383 g/mol. The first-order valence-electron chi connectivity index (χ1n) is 6.89. The Labute approximate surface area is 160 Å². The van der Waals surface area contributed by atoms with Gasteiger partial charge in [0.05, 0.1) is 11.4 Å². The molecule has 0 radical (unpaired) electrons. The van der Waals surface area contributed by atoms with Crippen LogP contribution in [0, 0.1) is 0 Å². The Hall–Kier alpha value is -1.92. The number of aromatic nitrogens is 2. The summed E-state index contributed by atoms with van der Waals surface area (Å²) >= 11 is 0. The third-order valence-electron chi connectivity index (χ3n) is 1.59. The number of rotatable bonds is 1. The number of hydrogen-bond donors (Lipinski definition) is 12. The smallest absolute Gasteiger partial charge is 0.402 e. The highest BCUT2D eigenvalue weighted by molar-refractivity contribution is 6.31. The van der Waals surface area contributed by atoms with Crippen LogP contribution < -0.4 is 0 Å². The van der Waals surface area contributed by atoms with Crippen LogP contribution in [-0.4, -0.2) is 99.5 Å². The molecule has 2 rings (SSSR count). The summed E-state index contributed by atoms with van der Waals surface area (Å²) in [6.07, 6.45) is 3.54. The fourth-order valence-corrected chi connectivity index (χ4v) is 1.03. The number of hydrogen-bond acceptors (Lipinski definition) is 14.